The number of amides is 1. The highest BCUT2D eigenvalue weighted by atomic mass is 16.1. The number of rotatable bonds is 1. The predicted octanol–water partition coefficient (Wildman–Crippen LogP) is 1.22. The third-order valence-electron chi connectivity index (χ3n) is 2.51. The van der Waals surface area contributed by atoms with Crippen LogP contribution in [0.4, 0.5) is 0 Å². The molecule has 0 saturated carbocycles. The maximum Gasteiger partial charge on any atom is 0.227 e. The summed E-state index contributed by atoms with van der Waals surface area (Å²) in [6, 6.07) is 0. The summed E-state index contributed by atoms with van der Waals surface area (Å²) in [5, 5.41) is 0. The molecule has 1 atom stereocenters. The molecule has 0 radical (unpaired) electrons. The number of nitrogens with two attached hydrogens (primary N) is 1. The van der Waals surface area contributed by atoms with Crippen molar-refractivity contribution in [2.24, 2.45) is 11.1 Å². The molecule has 1 unspecified atom stereocenters. The third kappa shape index (κ3) is 0.838. The second kappa shape index (κ2) is 2.11. The average molecular weight is 139 g/mol. The van der Waals surface area contributed by atoms with Gasteiger partial charge < -0.3 is 5.73 Å². The molecule has 1 aliphatic carbocycles. The molecule has 2 heteroatoms. The van der Waals surface area contributed by atoms with Gasteiger partial charge in [-0.15, -0.1) is 0 Å². The van der Waals surface area contributed by atoms with Crippen LogP contribution in [0.1, 0.15) is 26.7 Å². The van der Waals surface area contributed by atoms with Crippen molar-refractivity contribution in [1.29, 1.82) is 0 Å². The topological polar surface area (TPSA) is 43.1 Å². The Morgan fingerprint density at radius 2 is 2.40 bits per heavy atom. The van der Waals surface area contributed by atoms with E-state index in [1.165, 1.54) is 0 Å². The van der Waals surface area contributed by atoms with Gasteiger partial charge >= 0.3 is 0 Å². The largest absolute Gasteiger partial charge is 0.369 e. The number of primary amides is 1. The fraction of sp³-hybridized carbons (Fsp3) is 0.625. The molecule has 56 valence electrons. The molecule has 1 amide bonds. The molecule has 0 bridgehead atoms. The third-order valence-corrected chi connectivity index (χ3v) is 2.51. The van der Waals surface area contributed by atoms with E-state index in [9.17, 15) is 4.79 Å². The van der Waals surface area contributed by atoms with Gasteiger partial charge in [0.05, 0.1) is 5.41 Å². The van der Waals surface area contributed by atoms with Crippen molar-refractivity contribution in [1.82, 2.24) is 0 Å². The van der Waals surface area contributed by atoms with E-state index >= 15 is 0 Å². The van der Waals surface area contributed by atoms with E-state index in [4.69, 9.17) is 5.73 Å². The van der Waals surface area contributed by atoms with E-state index in [2.05, 4.69) is 6.08 Å². The minimum atomic E-state index is -0.347. The number of hydrogen-bond acceptors (Lipinski definition) is 1. The summed E-state index contributed by atoms with van der Waals surface area (Å²) in [4.78, 5) is 10.9. The number of carbonyl (C=O) groups is 1. The molecule has 0 saturated heterocycles. The molecular weight excluding hydrogens is 126 g/mol. The summed E-state index contributed by atoms with van der Waals surface area (Å²) in [5.41, 5.74) is 6.02. The van der Waals surface area contributed by atoms with Crippen LogP contribution < -0.4 is 5.73 Å². The Hall–Kier alpha value is -0.790. The second-order valence-electron chi connectivity index (χ2n) is 3.12. The van der Waals surface area contributed by atoms with Gasteiger partial charge in [0.1, 0.15) is 0 Å². The monoisotopic (exact) mass is 139 g/mol. The van der Waals surface area contributed by atoms with Crippen molar-refractivity contribution in [2.75, 3.05) is 0 Å². The van der Waals surface area contributed by atoms with E-state index < -0.39 is 0 Å². The lowest BCUT2D eigenvalue weighted by Gasteiger charge is -2.20. The van der Waals surface area contributed by atoms with Gasteiger partial charge in [-0.05, 0) is 26.7 Å². The highest BCUT2D eigenvalue weighted by Gasteiger charge is 2.35. The molecule has 0 spiro atoms. The predicted molar refractivity (Wildman–Crippen MR) is 40.3 cm³/mol. The van der Waals surface area contributed by atoms with Crippen LogP contribution in [-0.2, 0) is 4.79 Å². The van der Waals surface area contributed by atoms with Crippen LogP contribution in [0.5, 0.6) is 0 Å². The normalized spacial score (nSPS) is 32.0. The van der Waals surface area contributed by atoms with Crippen LogP contribution >= 0.6 is 0 Å². The van der Waals surface area contributed by atoms with E-state index in [0.717, 1.165) is 18.4 Å². The number of carbonyl (C=O) groups excluding carboxylic acids is 1. The summed E-state index contributed by atoms with van der Waals surface area (Å²) in [6.07, 6.45) is 3.96. The van der Waals surface area contributed by atoms with Gasteiger partial charge in [-0.25, -0.2) is 0 Å². The Kier molecular flexibility index (Phi) is 1.55. The zero-order valence-corrected chi connectivity index (χ0v) is 6.48. The van der Waals surface area contributed by atoms with Gasteiger partial charge in [0.2, 0.25) is 5.91 Å². The van der Waals surface area contributed by atoms with Crippen LogP contribution in [0.2, 0.25) is 0 Å². The summed E-state index contributed by atoms with van der Waals surface area (Å²) < 4.78 is 0. The van der Waals surface area contributed by atoms with Crippen molar-refractivity contribution < 1.29 is 4.79 Å². The first-order valence-corrected chi connectivity index (χ1v) is 3.54. The zero-order valence-electron chi connectivity index (χ0n) is 6.48. The fourth-order valence-corrected chi connectivity index (χ4v) is 1.32. The zero-order chi connectivity index (χ0) is 7.78. The molecule has 0 aromatic carbocycles. The molecule has 2 N–H and O–H groups in total. The molecule has 0 heterocycles. The van der Waals surface area contributed by atoms with Gasteiger partial charge in [0.15, 0.2) is 0 Å². The molecule has 10 heavy (non-hydrogen) atoms. The molecule has 1 rings (SSSR count). The summed E-state index contributed by atoms with van der Waals surface area (Å²) in [6.45, 7) is 3.88. The maximum atomic E-state index is 10.9. The van der Waals surface area contributed by atoms with Gasteiger partial charge in [0.25, 0.3) is 0 Å². The molecule has 0 aliphatic heterocycles. The minimum Gasteiger partial charge on any atom is -0.369 e. The first-order chi connectivity index (χ1) is 4.57. The van der Waals surface area contributed by atoms with Crippen molar-refractivity contribution >= 4 is 5.91 Å². The molecule has 2 nitrogen and oxygen atoms in total. The van der Waals surface area contributed by atoms with Crippen molar-refractivity contribution in [3.8, 4) is 0 Å². The maximum absolute atomic E-state index is 10.9. The molecule has 0 aromatic rings. The number of allylic oxidation sites excluding steroid dienone is 1. The molecule has 0 fully saturated rings. The van der Waals surface area contributed by atoms with E-state index in [1.807, 2.05) is 13.8 Å². The average Bonchev–Trinajstić information content (AvgIpc) is 2.15. The quantitative estimate of drug-likeness (QED) is 0.545. The van der Waals surface area contributed by atoms with E-state index in [1.54, 1.807) is 0 Å². The first kappa shape index (κ1) is 7.32. The van der Waals surface area contributed by atoms with Crippen LogP contribution in [0.15, 0.2) is 11.6 Å². The Balaban J connectivity index is 2.89. The van der Waals surface area contributed by atoms with E-state index in [0.29, 0.717) is 0 Å². The Morgan fingerprint density at radius 3 is 2.60 bits per heavy atom. The lowest BCUT2D eigenvalue weighted by atomic mass is 9.83. The highest BCUT2D eigenvalue weighted by Crippen LogP contribution is 2.37. The molecular formula is C8H13NO. The van der Waals surface area contributed by atoms with Crippen LogP contribution in [0.3, 0.4) is 0 Å². The Morgan fingerprint density at radius 1 is 1.80 bits per heavy atom. The standard InChI is InChI=1S/C8H13NO/c1-6-4-3-5-8(6,2)7(9)10/h4H,3,5H2,1-2H3,(H2,9,10). The lowest BCUT2D eigenvalue weighted by Crippen LogP contribution is -2.33. The van der Waals surface area contributed by atoms with Crippen LogP contribution in [0, 0.1) is 5.41 Å². The fourth-order valence-electron chi connectivity index (χ4n) is 1.32. The van der Waals surface area contributed by atoms with Crippen LogP contribution in [0.25, 0.3) is 0 Å². The Labute approximate surface area is 61.1 Å². The van der Waals surface area contributed by atoms with Crippen molar-refractivity contribution in [3.05, 3.63) is 11.6 Å². The summed E-state index contributed by atoms with van der Waals surface area (Å²) in [7, 11) is 0. The first-order valence-electron chi connectivity index (χ1n) is 3.54. The Bertz CT molecular complexity index is 195. The lowest BCUT2D eigenvalue weighted by molar-refractivity contribution is -0.124. The van der Waals surface area contributed by atoms with Gasteiger partial charge in [-0.1, -0.05) is 11.6 Å². The highest BCUT2D eigenvalue weighted by molar-refractivity contribution is 5.84. The van der Waals surface area contributed by atoms with Gasteiger partial charge in [-0.3, -0.25) is 4.79 Å². The van der Waals surface area contributed by atoms with Gasteiger partial charge in [-0.2, -0.15) is 0 Å². The van der Waals surface area contributed by atoms with Crippen LogP contribution in [-0.4, -0.2) is 5.91 Å². The smallest absolute Gasteiger partial charge is 0.227 e. The van der Waals surface area contributed by atoms with E-state index in [-0.39, 0.29) is 11.3 Å². The molecule has 0 aromatic heterocycles. The van der Waals surface area contributed by atoms with Gasteiger partial charge in [0, 0.05) is 0 Å². The summed E-state index contributed by atoms with van der Waals surface area (Å²) >= 11 is 0. The summed E-state index contributed by atoms with van der Waals surface area (Å²) in [5.74, 6) is -0.196. The SMILES string of the molecule is CC1=CCCC1(C)C(N)=O. The second-order valence-corrected chi connectivity index (χ2v) is 3.12. The number of hydrogen-bond donors (Lipinski definition) is 1. The van der Waals surface area contributed by atoms with Crippen molar-refractivity contribution in [2.45, 2.75) is 26.7 Å². The minimum absolute atomic E-state index is 0.196. The van der Waals surface area contributed by atoms with Crippen molar-refractivity contribution in [3.63, 3.8) is 0 Å². The molecule has 1 aliphatic rings.